The van der Waals surface area contributed by atoms with Gasteiger partial charge in [-0.05, 0) is 18.2 Å². The van der Waals surface area contributed by atoms with Gasteiger partial charge in [0.1, 0.15) is 5.71 Å². The van der Waals surface area contributed by atoms with Crippen molar-refractivity contribution in [3.63, 3.8) is 0 Å². The Balaban J connectivity index is 2.55. The Morgan fingerprint density at radius 3 is 2.50 bits per heavy atom. The number of amides is 2. The molecule has 0 unspecified atom stereocenters. The van der Waals surface area contributed by atoms with Crippen molar-refractivity contribution in [3.05, 3.63) is 64.7 Å². The molecular weight excluding hydrogens is 276 g/mol. The molecule has 6 heteroatoms. The number of urea groups is 1. The van der Waals surface area contributed by atoms with E-state index in [0.29, 0.717) is 22.0 Å². The normalized spacial score (nSPS) is 11.2. The van der Waals surface area contributed by atoms with Crippen molar-refractivity contribution in [2.75, 3.05) is 5.73 Å². The molecule has 0 bridgehead atoms. The maximum atomic E-state index is 10.9. The third-order valence-electron chi connectivity index (χ3n) is 2.60. The van der Waals surface area contributed by atoms with Gasteiger partial charge in [-0.25, -0.2) is 10.2 Å². The standard InChI is InChI=1S/C14H13ClN4O/c15-10-6-7-12(16)11(8-10)13(18-19-14(17)20)9-4-2-1-3-5-9/h1-8H,16H2,(H3,17,19,20). The molecule has 5 nitrogen and oxygen atoms in total. The number of carbonyl (C=O) groups is 1. The van der Waals surface area contributed by atoms with Crippen molar-refractivity contribution in [1.82, 2.24) is 5.43 Å². The summed E-state index contributed by atoms with van der Waals surface area (Å²) in [5.74, 6) is 0. The van der Waals surface area contributed by atoms with Crippen LogP contribution in [0.25, 0.3) is 0 Å². The zero-order valence-electron chi connectivity index (χ0n) is 10.5. The molecule has 2 aromatic rings. The average molecular weight is 289 g/mol. The first kappa shape index (κ1) is 13.9. The van der Waals surface area contributed by atoms with Crippen LogP contribution in [0.4, 0.5) is 10.5 Å². The van der Waals surface area contributed by atoms with Gasteiger partial charge in [0.15, 0.2) is 0 Å². The van der Waals surface area contributed by atoms with Crippen LogP contribution in [0.15, 0.2) is 53.6 Å². The zero-order chi connectivity index (χ0) is 14.5. The van der Waals surface area contributed by atoms with Crippen LogP contribution < -0.4 is 16.9 Å². The van der Waals surface area contributed by atoms with Crippen LogP contribution in [0.1, 0.15) is 11.1 Å². The van der Waals surface area contributed by atoms with Crippen LogP contribution in [-0.2, 0) is 0 Å². The van der Waals surface area contributed by atoms with Crippen molar-refractivity contribution >= 4 is 29.0 Å². The van der Waals surface area contributed by atoms with Gasteiger partial charge in [0.2, 0.25) is 0 Å². The highest BCUT2D eigenvalue weighted by molar-refractivity contribution is 6.31. The monoisotopic (exact) mass is 288 g/mol. The van der Waals surface area contributed by atoms with E-state index in [0.717, 1.165) is 5.56 Å². The van der Waals surface area contributed by atoms with Crippen molar-refractivity contribution in [3.8, 4) is 0 Å². The number of nitrogen functional groups attached to an aromatic ring is 1. The summed E-state index contributed by atoms with van der Waals surface area (Å²) in [6, 6.07) is 13.6. The summed E-state index contributed by atoms with van der Waals surface area (Å²) >= 11 is 5.99. The minimum absolute atomic E-state index is 0.490. The van der Waals surface area contributed by atoms with E-state index in [1.54, 1.807) is 18.2 Å². The number of benzene rings is 2. The largest absolute Gasteiger partial charge is 0.398 e. The highest BCUT2D eigenvalue weighted by Gasteiger charge is 2.11. The maximum Gasteiger partial charge on any atom is 0.332 e. The molecule has 0 fully saturated rings. The van der Waals surface area contributed by atoms with Gasteiger partial charge in [0.25, 0.3) is 0 Å². The van der Waals surface area contributed by atoms with E-state index >= 15 is 0 Å². The zero-order valence-corrected chi connectivity index (χ0v) is 11.3. The van der Waals surface area contributed by atoms with Crippen molar-refractivity contribution < 1.29 is 4.79 Å². The number of nitrogens with one attached hydrogen (secondary N) is 1. The summed E-state index contributed by atoms with van der Waals surface area (Å²) in [4.78, 5) is 10.9. The van der Waals surface area contributed by atoms with E-state index in [1.807, 2.05) is 30.3 Å². The first-order chi connectivity index (χ1) is 9.58. The Kier molecular flexibility index (Phi) is 4.22. The smallest absolute Gasteiger partial charge is 0.332 e. The van der Waals surface area contributed by atoms with Gasteiger partial charge in [0.05, 0.1) is 0 Å². The van der Waals surface area contributed by atoms with E-state index in [4.69, 9.17) is 23.1 Å². The lowest BCUT2D eigenvalue weighted by atomic mass is 10.0. The number of nitrogens with zero attached hydrogens (tertiary/aromatic N) is 1. The number of primary amides is 1. The summed E-state index contributed by atoms with van der Waals surface area (Å²) in [7, 11) is 0. The molecule has 102 valence electrons. The Hall–Kier alpha value is -2.53. The fourth-order valence-electron chi connectivity index (χ4n) is 1.72. The van der Waals surface area contributed by atoms with E-state index in [-0.39, 0.29) is 0 Å². The Labute approximate surface area is 121 Å². The van der Waals surface area contributed by atoms with E-state index in [1.165, 1.54) is 0 Å². The van der Waals surface area contributed by atoms with E-state index in [9.17, 15) is 4.79 Å². The number of halogens is 1. The highest BCUT2D eigenvalue weighted by Crippen LogP contribution is 2.21. The number of nitrogens with two attached hydrogens (primary N) is 2. The third-order valence-corrected chi connectivity index (χ3v) is 2.83. The molecule has 0 aromatic heterocycles. The predicted molar refractivity (Wildman–Crippen MR) is 80.7 cm³/mol. The second-order valence-electron chi connectivity index (χ2n) is 4.03. The number of carbonyl (C=O) groups excluding carboxylic acids is 1. The second-order valence-corrected chi connectivity index (χ2v) is 4.47. The Morgan fingerprint density at radius 2 is 1.85 bits per heavy atom. The molecule has 0 aliphatic rings. The molecule has 0 spiro atoms. The van der Waals surface area contributed by atoms with Crippen LogP contribution in [-0.4, -0.2) is 11.7 Å². The van der Waals surface area contributed by atoms with Crippen molar-refractivity contribution in [2.24, 2.45) is 10.8 Å². The fraction of sp³-hybridized carbons (Fsp3) is 0. The number of hydrogen-bond acceptors (Lipinski definition) is 3. The molecule has 0 aliphatic heterocycles. The molecule has 0 saturated carbocycles. The fourth-order valence-corrected chi connectivity index (χ4v) is 1.89. The quantitative estimate of drug-likeness (QED) is 0.459. The lowest BCUT2D eigenvalue weighted by Crippen LogP contribution is -2.26. The van der Waals surface area contributed by atoms with Crippen LogP contribution in [0.2, 0.25) is 5.02 Å². The first-order valence-corrected chi connectivity index (χ1v) is 6.19. The van der Waals surface area contributed by atoms with Crippen LogP contribution in [0.5, 0.6) is 0 Å². The summed E-state index contributed by atoms with van der Waals surface area (Å²) in [6.45, 7) is 0. The molecule has 5 N–H and O–H groups in total. The van der Waals surface area contributed by atoms with Gasteiger partial charge in [0, 0.05) is 21.8 Å². The molecule has 20 heavy (non-hydrogen) atoms. The molecular formula is C14H13ClN4O. The lowest BCUT2D eigenvalue weighted by Gasteiger charge is -2.10. The molecule has 0 radical (unpaired) electrons. The average Bonchev–Trinajstić information content (AvgIpc) is 2.43. The highest BCUT2D eigenvalue weighted by atomic mass is 35.5. The molecule has 0 aliphatic carbocycles. The maximum absolute atomic E-state index is 10.9. The van der Waals surface area contributed by atoms with Crippen LogP contribution in [0.3, 0.4) is 0 Å². The van der Waals surface area contributed by atoms with Gasteiger partial charge in [-0.15, -0.1) is 0 Å². The number of hydrogen-bond donors (Lipinski definition) is 3. The second kappa shape index (κ2) is 6.08. The molecule has 0 saturated heterocycles. The molecule has 0 heterocycles. The predicted octanol–water partition coefficient (Wildman–Crippen LogP) is 2.34. The topological polar surface area (TPSA) is 93.5 Å². The van der Waals surface area contributed by atoms with E-state index in [2.05, 4.69) is 10.5 Å². The van der Waals surface area contributed by atoms with Crippen LogP contribution >= 0.6 is 11.6 Å². The minimum Gasteiger partial charge on any atom is -0.398 e. The minimum atomic E-state index is -0.751. The Bertz CT molecular complexity index is 655. The van der Waals surface area contributed by atoms with Gasteiger partial charge in [-0.3, -0.25) is 0 Å². The van der Waals surface area contributed by atoms with E-state index < -0.39 is 6.03 Å². The Morgan fingerprint density at radius 1 is 1.15 bits per heavy atom. The van der Waals surface area contributed by atoms with Gasteiger partial charge >= 0.3 is 6.03 Å². The van der Waals surface area contributed by atoms with Crippen LogP contribution in [0, 0.1) is 0 Å². The lowest BCUT2D eigenvalue weighted by molar-refractivity contribution is 0.249. The van der Waals surface area contributed by atoms with Gasteiger partial charge in [-0.1, -0.05) is 41.9 Å². The summed E-state index contributed by atoms with van der Waals surface area (Å²) in [5.41, 5.74) is 15.6. The first-order valence-electron chi connectivity index (χ1n) is 5.82. The molecule has 2 amide bonds. The SMILES string of the molecule is NC(=O)NN=C(c1ccccc1)c1cc(Cl)ccc1N. The molecule has 0 atom stereocenters. The van der Waals surface area contributed by atoms with Gasteiger partial charge < -0.3 is 11.5 Å². The van der Waals surface area contributed by atoms with Gasteiger partial charge in [-0.2, -0.15) is 5.10 Å². The summed E-state index contributed by atoms with van der Waals surface area (Å²) in [6.07, 6.45) is 0. The summed E-state index contributed by atoms with van der Waals surface area (Å²) in [5, 5.41) is 4.54. The summed E-state index contributed by atoms with van der Waals surface area (Å²) < 4.78 is 0. The van der Waals surface area contributed by atoms with Crippen molar-refractivity contribution in [2.45, 2.75) is 0 Å². The van der Waals surface area contributed by atoms with Crippen molar-refractivity contribution in [1.29, 1.82) is 0 Å². The third kappa shape index (κ3) is 3.27. The number of anilines is 1. The number of hydrazone groups is 1. The number of rotatable bonds is 3. The molecule has 2 rings (SSSR count). The molecule has 2 aromatic carbocycles.